The summed E-state index contributed by atoms with van der Waals surface area (Å²) in [6, 6.07) is 18.9. The Labute approximate surface area is 287 Å². The number of benzene rings is 3. The lowest BCUT2D eigenvalue weighted by Crippen LogP contribution is -2.48. The van der Waals surface area contributed by atoms with Crippen LogP contribution in [0.3, 0.4) is 0 Å². The van der Waals surface area contributed by atoms with Crippen molar-refractivity contribution >= 4 is 46.7 Å². The van der Waals surface area contributed by atoms with Gasteiger partial charge in [-0.25, -0.2) is 0 Å². The molecule has 1 saturated heterocycles. The van der Waals surface area contributed by atoms with Crippen LogP contribution in [0.4, 0.5) is 5.69 Å². The molecule has 3 amide bonds. The van der Waals surface area contributed by atoms with Gasteiger partial charge in [-0.05, 0) is 124 Å². The number of aromatic amines is 1. The Hall–Kier alpha value is -4.25. The third-order valence-corrected chi connectivity index (χ3v) is 9.76. The van der Waals surface area contributed by atoms with Crippen LogP contribution < -0.4 is 27.0 Å². The summed E-state index contributed by atoms with van der Waals surface area (Å²) in [5.74, 6) is -0.0487. The third-order valence-electron chi connectivity index (χ3n) is 9.76. The van der Waals surface area contributed by atoms with Crippen LogP contribution in [0, 0.1) is 18.8 Å². The molecule has 1 aromatic heterocycles. The van der Waals surface area contributed by atoms with Crippen LogP contribution in [0.15, 0.2) is 66.9 Å². The van der Waals surface area contributed by atoms with Crippen molar-refractivity contribution in [3.05, 3.63) is 83.6 Å². The average Bonchev–Trinajstić information content (AvgIpc) is 3.57. The van der Waals surface area contributed by atoms with Crippen LogP contribution >= 0.6 is 12.4 Å². The number of fused-ring (bicyclic) bond motifs is 1. The number of anilines is 1. The molecule has 2 aliphatic rings. The summed E-state index contributed by atoms with van der Waals surface area (Å²) in [4.78, 5) is 39.9. The first kappa shape index (κ1) is 35.1. The van der Waals surface area contributed by atoms with Crippen molar-refractivity contribution in [1.82, 2.24) is 26.1 Å². The number of halogens is 1. The van der Waals surface area contributed by atoms with Gasteiger partial charge in [0.2, 0.25) is 11.8 Å². The third kappa shape index (κ3) is 8.61. The summed E-state index contributed by atoms with van der Waals surface area (Å²) in [5, 5.41) is 20.5. The first-order chi connectivity index (χ1) is 22.9. The van der Waals surface area contributed by atoms with E-state index in [0.29, 0.717) is 30.1 Å². The number of aryl methyl sites for hydroxylation is 1. The molecule has 2 heterocycles. The Kier molecular flexibility index (Phi) is 11.9. The van der Waals surface area contributed by atoms with Gasteiger partial charge in [0.15, 0.2) is 0 Å². The molecule has 7 N–H and O–H groups in total. The Morgan fingerprint density at radius 1 is 0.938 bits per heavy atom. The molecule has 254 valence electrons. The van der Waals surface area contributed by atoms with E-state index in [1.807, 2.05) is 67.6 Å². The summed E-state index contributed by atoms with van der Waals surface area (Å²) in [6.45, 7) is 4.51. The first-order valence-electron chi connectivity index (χ1n) is 16.8. The number of H-pyrrole nitrogens is 1. The van der Waals surface area contributed by atoms with Crippen molar-refractivity contribution in [1.29, 1.82) is 0 Å². The number of hydrogen-bond acceptors (Lipinski definition) is 6. The fraction of sp³-hybridized carbons (Fsp3) is 0.405. The summed E-state index contributed by atoms with van der Waals surface area (Å²) in [6.07, 6.45) is 7.39. The van der Waals surface area contributed by atoms with Crippen LogP contribution in [-0.2, 0) is 16.0 Å². The highest BCUT2D eigenvalue weighted by Gasteiger charge is 2.29. The van der Waals surface area contributed by atoms with Gasteiger partial charge < -0.3 is 27.0 Å². The lowest BCUT2D eigenvalue weighted by Gasteiger charge is -2.28. The van der Waals surface area contributed by atoms with E-state index in [2.05, 4.69) is 31.5 Å². The van der Waals surface area contributed by atoms with E-state index in [-0.39, 0.29) is 42.1 Å². The fourth-order valence-electron chi connectivity index (χ4n) is 6.82. The molecule has 1 saturated carbocycles. The van der Waals surface area contributed by atoms with E-state index >= 15 is 0 Å². The Morgan fingerprint density at radius 3 is 2.40 bits per heavy atom. The molecule has 10 nitrogen and oxygen atoms in total. The van der Waals surface area contributed by atoms with E-state index in [1.165, 1.54) is 0 Å². The normalized spacial score (nSPS) is 18.8. The van der Waals surface area contributed by atoms with E-state index in [9.17, 15) is 14.4 Å². The Balaban J connectivity index is 0.00000451. The lowest BCUT2D eigenvalue weighted by molar-refractivity contribution is -0.130. The molecular formula is C37H46ClN7O3. The summed E-state index contributed by atoms with van der Waals surface area (Å²) in [5.41, 5.74) is 12.0. The van der Waals surface area contributed by atoms with Crippen molar-refractivity contribution < 1.29 is 14.4 Å². The van der Waals surface area contributed by atoms with Crippen LogP contribution in [0.25, 0.3) is 22.0 Å². The number of piperidine rings is 1. The number of rotatable bonds is 10. The van der Waals surface area contributed by atoms with Gasteiger partial charge in [0.1, 0.15) is 6.04 Å². The van der Waals surface area contributed by atoms with Gasteiger partial charge in [0.05, 0.1) is 11.7 Å². The predicted octanol–water partition coefficient (Wildman–Crippen LogP) is 4.87. The van der Waals surface area contributed by atoms with Crippen LogP contribution in [0.2, 0.25) is 0 Å². The van der Waals surface area contributed by atoms with E-state index in [0.717, 1.165) is 84.8 Å². The second kappa shape index (κ2) is 16.2. The van der Waals surface area contributed by atoms with Gasteiger partial charge in [0, 0.05) is 35.0 Å². The number of nitrogens with zero attached hydrogens (tertiary/aromatic N) is 1. The lowest BCUT2D eigenvalue weighted by atomic mass is 9.81. The zero-order valence-electron chi connectivity index (χ0n) is 27.4. The van der Waals surface area contributed by atoms with Crippen LogP contribution in [0.1, 0.15) is 60.0 Å². The molecule has 1 aliphatic carbocycles. The molecule has 1 atom stereocenters. The van der Waals surface area contributed by atoms with Gasteiger partial charge in [0.25, 0.3) is 5.91 Å². The minimum atomic E-state index is -0.752. The predicted molar refractivity (Wildman–Crippen MR) is 192 cm³/mol. The standard InChI is InChI=1S/C37H45N7O3.ClH/c1-23-18-28(36(46)41-30-14-16-39-17-15-30)11-13-32(23)26-6-2-24(3-7-26)19-34(43-35(45)27-8-4-25(21-38)5-9-27)37(47)42-31-12-10-29-22-40-44-33(29)20-31;/h2-3,6-7,10-13,18,20,22,25,27,30,34,39H,4-5,8-9,14-17,19,21,38H2,1H3,(H,40,44)(H,41,46)(H,42,47)(H,43,45);1H/t25?,27?,34-;/m0./s1. The van der Waals surface area contributed by atoms with E-state index < -0.39 is 6.04 Å². The molecule has 0 unspecified atom stereocenters. The number of nitrogens with one attached hydrogen (secondary N) is 5. The number of hydrogen-bond donors (Lipinski definition) is 6. The maximum absolute atomic E-state index is 13.6. The van der Waals surface area contributed by atoms with Crippen molar-refractivity contribution in [2.75, 3.05) is 25.0 Å². The van der Waals surface area contributed by atoms with Crippen molar-refractivity contribution in [3.8, 4) is 11.1 Å². The molecule has 2 fully saturated rings. The van der Waals surface area contributed by atoms with Crippen LogP contribution in [0.5, 0.6) is 0 Å². The van der Waals surface area contributed by atoms with E-state index in [4.69, 9.17) is 5.73 Å². The number of amides is 3. The molecule has 4 aromatic rings. The zero-order valence-corrected chi connectivity index (χ0v) is 28.2. The van der Waals surface area contributed by atoms with Gasteiger partial charge in [-0.3, -0.25) is 19.5 Å². The van der Waals surface area contributed by atoms with Crippen molar-refractivity contribution in [2.24, 2.45) is 17.6 Å². The van der Waals surface area contributed by atoms with E-state index in [1.54, 1.807) is 6.20 Å². The Morgan fingerprint density at radius 2 is 1.69 bits per heavy atom. The number of aromatic nitrogens is 2. The molecule has 1 aliphatic heterocycles. The first-order valence-corrected chi connectivity index (χ1v) is 16.8. The van der Waals surface area contributed by atoms with Gasteiger partial charge >= 0.3 is 0 Å². The van der Waals surface area contributed by atoms with Crippen molar-refractivity contribution in [2.45, 2.75) is 64.0 Å². The molecular weight excluding hydrogens is 626 g/mol. The molecule has 48 heavy (non-hydrogen) atoms. The molecule has 11 heteroatoms. The smallest absolute Gasteiger partial charge is 0.251 e. The maximum atomic E-state index is 13.6. The molecule has 0 radical (unpaired) electrons. The summed E-state index contributed by atoms with van der Waals surface area (Å²) >= 11 is 0. The molecule has 0 bridgehead atoms. The van der Waals surface area contributed by atoms with Gasteiger partial charge in [-0.15, -0.1) is 12.4 Å². The second-order valence-corrected chi connectivity index (χ2v) is 13.1. The second-order valence-electron chi connectivity index (χ2n) is 13.1. The highest BCUT2D eigenvalue weighted by Crippen LogP contribution is 2.29. The van der Waals surface area contributed by atoms with Gasteiger partial charge in [-0.2, -0.15) is 5.10 Å². The zero-order chi connectivity index (χ0) is 32.8. The SMILES string of the molecule is Cc1cc(C(=O)NC2CCNCC2)ccc1-c1ccc(C[C@H](NC(=O)C2CCC(CN)CC2)C(=O)Nc2ccc3cn[nH]c3c2)cc1.Cl. The summed E-state index contributed by atoms with van der Waals surface area (Å²) in [7, 11) is 0. The monoisotopic (exact) mass is 671 g/mol. The number of nitrogens with two attached hydrogens (primary N) is 1. The number of carbonyl (C=O) groups is 3. The number of carbonyl (C=O) groups excluding carboxylic acids is 3. The highest BCUT2D eigenvalue weighted by molar-refractivity contribution is 5.99. The van der Waals surface area contributed by atoms with Crippen LogP contribution in [-0.4, -0.2) is 59.6 Å². The average molecular weight is 672 g/mol. The fourth-order valence-corrected chi connectivity index (χ4v) is 6.82. The summed E-state index contributed by atoms with van der Waals surface area (Å²) < 4.78 is 0. The largest absolute Gasteiger partial charge is 0.349 e. The minimum absolute atomic E-state index is 0. The quantitative estimate of drug-likeness (QED) is 0.141. The molecule has 6 rings (SSSR count). The minimum Gasteiger partial charge on any atom is -0.349 e. The topological polar surface area (TPSA) is 154 Å². The van der Waals surface area contributed by atoms with Gasteiger partial charge in [-0.1, -0.05) is 30.3 Å². The Bertz CT molecular complexity index is 1710. The molecule has 3 aromatic carbocycles. The maximum Gasteiger partial charge on any atom is 0.251 e. The highest BCUT2D eigenvalue weighted by atomic mass is 35.5. The molecule has 0 spiro atoms. The van der Waals surface area contributed by atoms with Crippen molar-refractivity contribution in [3.63, 3.8) is 0 Å².